The Bertz CT molecular complexity index is 2000. The number of aromatic nitrogens is 3. The molecule has 2 atom stereocenters. The minimum Gasteiger partial charge on any atom is -0.477 e. The molecule has 0 aliphatic carbocycles. The minimum atomic E-state index is -1.20. The van der Waals surface area contributed by atoms with Crippen molar-refractivity contribution in [3.8, 4) is 0 Å². The zero-order chi connectivity index (χ0) is 35.4. The summed E-state index contributed by atoms with van der Waals surface area (Å²) in [7, 11) is 1.32. The van der Waals surface area contributed by atoms with E-state index in [2.05, 4.69) is 61.8 Å². The Morgan fingerprint density at radius 2 is 1.65 bits per heavy atom. The first kappa shape index (κ1) is 34.4. The fourth-order valence-electron chi connectivity index (χ4n) is 6.06. The third kappa shape index (κ3) is 6.74. The molecule has 3 aromatic carbocycles. The molecule has 1 unspecified atom stereocenters. The summed E-state index contributed by atoms with van der Waals surface area (Å²) in [6.07, 6.45) is 1.61. The molecular weight excluding hydrogens is 727 g/mol. The molecule has 2 aromatic heterocycles. The number of fused-ring (bicyclic) bond motifs is 1. The van der Waals surface area contributed by atoms with E-state index < -0.39 is 34.7 Å². The van der Waals surface area contributed by atoms with Crippen molar-refractivity contribution in [2.45, 2.75) is 21.2 Å². The van der Waals surface area contributed by atoms with Gasteiger partial charge in [0.2, 0.25) is 0 Å². The number of oxime groups is 1. The lowest BCUT2D eigenvalue weighted by Gasteiger charge is -2.49. The van der Waals surface area contributed by atoms with E-state index in [1.165, 1.54) is 58.4 Å². The second-order valence-electron chi connectivity index (χ2n) is 11.3. The molecule has 3 N–H and O–H groups in total. The SMILES string of the molecule is CON=C(C(=O)NC1C(=O)N2C(C(=O)O)=C(CSc3cnns3)CS[C@@H]12)c1csc(NC(c2ccccc2)(c2ccccc2)c2ccccc2)n1. The number of β-lactam (4-membered cyclic amide) rings is 1. The number of carbonyl (C=O) groups is 3. The lowest BCUT2D eigenvalue weighted by molar-refractivity contribution is -0.150. The maximum atomic E-state index is 13.7. The summed E-state index contributed by atoms with van der Waals surface area (Å²) < 4.78 is 4.68. The predicted molar refractivity (Wildman–Crippen MR) is 199 cm³/mol. The monoisotopic (exact) mass is 755 g/mol. The number of carboxylic acid groups (broad SMARTS) is 1. The van der Waals surface area contributed by atoms with Crippen LogP contribution >= 0.6 is 46.4 Å². The number of thioether (sulfide) groups is 2. The Labute approximate surface area is 309 Å². The molecule has 1 fully saturated rings. The number of rotatable bonds is 13. The average Bonchev–Trinajstić information content (AvgIpc) is 3.87. The minimum absolute atomic E-state index is 0.0565. The van der Waals surface area contributed by atoms with Crippen molar-refractivity contribution in [2.24, 2.45) is 5.16 Å². The number of nitrogens with one attached hydrogen (secondary N) is 2. The van der Waals surface area contributed by atoms with Crippen LogP contribution in [0.3, 0.4) is 0 Å². The van der Waals surface area contributed by atoms with Crippen LogP contribution < -0.4 is 10.6 Å². The fourth-order valence-corrected chi connectivity index (χ4v) is 9.72. The van der Waals surface area contributed by atoms with E-state index in [1.807, 2.05) is 54.6 Å². The highest BCUT2D eigenvalue weighted by atomic mass is 32.2. The summed E-state index contributed by atoms with van der Waals surface area (Å²) >= 11 is 5.32. The molecule has 258 valence electrons. The van der Waals surface area contributed by atoms with Gasteiger partial charge in [-0.05, 0) is 33.8 Å². The molecule has 12 nitrogen and oxygen atoms in total. The van der Waals surface area contributed by atoms with Gasteiger partial charge in [-0.3, -0.25) is 14.5 Å². The summed E-state index contributed by atoms with van der Waals surface area (Å²) in [6, 6.07) is 29.2. The van der Waals surface area contributed by atoms with Crippen molar-refractivity contribution >= 4 is 75.0 Å². The topological polar surface area (TPSA) is 159 Å². The van der Waals surface area contributed by atoms with Crippen LogP contribution in [0.4, 0.5) is 5.13 Å². The number of aliphatic carboxylic acids is 1. The summed E-state index contributed by atoms with van der Waals surface area (Å²) in [5, 5.41) is 25.9. The highest BCUT2D eigenvalue weighted by Gasteiger charge is 2.54. The molecule has 0 bridgehead atoms. The number of benzene rings is 3. The largest absolute Gasteiger partial charge is 0.477 e. The fraction of sp³-hybridized carbons (Fsp3) is 0.171. The number of carbonyl (C=O) groups excluding carboxylic acids is 2. The number of nitrogens with zero attached hydrogens (tertiary/aromatic N) is 5. The Morgan fingerprint density at radius 3 is 2.20 bits per heavy atom. The van der Waals surface area contributed by atoms with Gasteiger partial charge in [0, 0.05) is 16.9 Å². The van der Waals surface area contributed by atoms with Crippen LogP contribution in [0.1, 0.15) is 22.4 Å². The molecule has 0 spiro atoms. The summed E-state index contributed by atoms with van der Waals surface area (Å²) in [5.74, 6) is -1.63. The van der Waals surface area contributed by atoms with Crippen molar-refractivity contribution in [3.63, 3.8) is 0 Å². The van der Waals surface area contributed by atoms with Crippen molar-refractivity contribution in [3.05, 3.63) is 136 Å². The molecular formula is C35H29N7O5S4. The third-order valence-corrected chi connectivity index (χ3v) is 12.3. The van der Waals surface area contributed by atoms with E-state index in [0.717, 1.165) is 20.9 Å². The van der Waals surface area contributed by atoms with Gasteiger partial charge in [0.05, 0.1) is 6.20 Å². The quantitative estimate of drug-likeness (QED) is 0.0472. The van der Waals surface area contributed by atoms with E-state index >= 15 is 0 Å². The normalized spacial score (nSPS) is 17.4. The smallest absolute Gasteiger partial charge is 0.352 e. The van der Waals surface area contributed by atoms with Gasteiger partial charge in [-0.15, -0.1) is 40.0 Å². The standard InChI is InChI=1S/C35H29N7O5S4/c1-47-40-27(30(43)38-28-31(44)42-29(33(45)46)21(19-49-32(28)42)18-48-26-17-36-41-51-26)25-20-50-34(37-25)39-35(22-11-5-2-6-12-22,23-13-7-3-8-14-23)24-15-9-4-10-16-24/h2-17,20,28,32H,18-19H2,1H3,(H,37,39)(H,38,43)(H,45,46)/t28?,32-/m0/s1. The van der Waals surface area contributed by atoms with Gasteiger partial charge in [-0.2, -0.15) is 0 Å². The molecule has 16 heteroatoms. The van der Waals surface area contributed by atoms with Gasteiger partial charge >= 0.3 is 5.97 Å². The molecule has 4 heterocycles. The molecule has 1 saturated heterocycles. The Kier molecular flexibility index (Phi) is 10.2. The molecule has 0 saturated carbocycles. The van der Waals surface area contributed by atoms with Gasteiger partial charge in [0.25, 0.3) is 11.8 Å². The molecule has 51 heavy (non-hydrogen) atoms. The van der Waals surface area contributed by atoms with Gasteiger partial charge in [-0.25, -0.2) is 9.78 Å². The zero-order valence-corrected chi connectivity index (χ0v) is 30.1. The van der Waals surface area contributed by atoms with Gasteiger partial charge in [0.1, 0.15) is 39.7 Å². The first-order valence-corrected chi connectivity index (χ1v) is 19.2. The maximum absolute atomic E-state index is 13.7. The Morgan fingerprint density at radius 1 is 1.02 bits per heavy atom. The van der Waals surface area contributed by atoms with Gasteiger partial charge < -0.3 is 20.6 Å². The van der Waals surface area contributed by atoms with Crippen LogP contribution in [0, 0.1) is 0 Å². The average molecular weight is 756 g/mol. The van der Waals surface area contributed by atoms with Crippen LogP contribution in [-0.4, -0.2) is 78.1 Å². The van der Waals surface area contributed by atoms with E-state index in [4.69, 9.17) is 9.82 Å². The van der Waals surface area contributed by atoms with Crippen LogP contribution in [0.15, 0.2) is 123 Å². The molecule has 7 rings (SSSR count). The highest BCUT2D eigenvalue weighted by molar-refractivity contribution is 8.01. The van der Waals surface area contributed by atoms with Crippen molar-refractivity contribution in [1.82, 2.24) is 24.8 Å². The van der Waals surface area contributed by atoms with Crippen LogP contribution in [0.2, 0.25) is 0 Å². The van der Waals surface area contributed by atoms with E-state index in [-0.39, 0.29) is 17.1 Å². The molecule has 0 radical (unpaired) electrons. The van der Waals surface area contributed by atoms with Crippen LogP contribution in [0.5, 0.6) is 0 Å². The third-order valence-electron chi connectivity index (χ3n) is 8.33. The van der Waals surface area contributed by atoms with E-state index in [9.17, 15) is 19.5 Å². The van der Waals surface area contributed by atoms with Crippen molar-refractivity contribution in [2.75, 3.05) is 23.9 Å². The predicted octanol–water partition coefficient (Wildman–Crippen LogP) is 5.28. The number of hydrogen-bond acceptors (Lipinski definition) is 13. The molecule has 2 aliphatic heterocycles. The number of thiazole rings is 1. The molecule has 2 aliphatic rings. The maximum Gasteiger partial charge on any atom is 0.352 e. The number of hydrogen-bond donors (Lipinski definition) is 3. The Balaban J connectivity index is 1.13. The number of carboxylic acids is 1. The second kappa shape index (κ2) is 15.1. The van der Waals surface area contributed by atoms with E-state index in [1.54, 1.807) is 11.6 Å². The number of anilines is 1. The van der Waals surface area contributed by atoms with Crippen molar-refractivity contribution < 1.29 is 24.3 Å². The van der Waals surface area contributed by atoms with Gasteiger partial charge in [-0.1, -0.05) is 101 Å². The van der Waals surface area contributed by atoms with Crippen molar-refractivity contribution in [1.29, 1.82) is 0 Å². The molecule has 2 amide bonds. The first-order chi connectivity index (χ1) is 24.9. The molecule has 5 aromatic rings. The summed E-state index contributed by atoms with van der Waals surface area (Å²) in [6.45, 7) is 0. The lowest BCUT2D eigenvalue weighted by Crippen LogP contribution is -2.71. The Hall–Kier alpha value is -5.03. The second-order valence-corrected chi connectivity index (χ2v) is 15.3. The lowest BCUT2D eigenvalue weighted by atomic mass is 9.77. The summed E-state index contributed by atoms with van der Waals surface area (Å²) in [4.78, 5) is 50.5. The zero-order valence-electron chi connectivity index (χ0n) is 26.8. The van der Waals surface area contributed by atoms with Crippen LogP contribution in [0.25, 0.3) is 0 Å². The number of amides is 2. The first-order valence-electron chi connectivity index (χ1n) is 15.5. The highest BCUT2D eigenvalue weighted by Crippen LogP contribution is 2.43. The summed E-state index contributed by atoms with van der Waals surface area (Å²) in [5.41, 5.74) is 2.79. The van der Waals surface area contributed by atoms with E-state index in [0.29, 0.717) is 22.2 Å². The van der Waals surface area contributed by atoms with Gasteiger partial charge in [0.15, 0.2) is 10.8 Å². The van der Waals surface area contributed by atoms with Crippen LogP contribution in [-0.2, 0) is 24.8 Å².